The molecule has 3 heteroatoms. The van der Waals surface area contributed by atoms with Crippen molar-refractivity contribution in [3.8, 4) is 0 Å². The molecule has 86 valence electrons. The molecule has 0 aromatic carbocycles. The minimum atomic E-state index is 0.515. The fraction of sp³-hybridized carbons (Fsp3) is 0.750. The smallest absolute Gasteiger partial charge is 0.0900 e. The van der Waals surface area contributed by atoms with Crippen molar-refractivity contribution < 1.29 is 0 Å². The number of unbranched alkanes of at least 4 members (excludes halogenated alkanes) is 1. The van der Waals surface area contributed by atoms with Crippen LogP contribution in [0.5, 0.6) is 0 Å². The number of rotatable bonds is 6. The van der Waals surface area contributed by atoms with Gasteiger partial charge in [0.15, 0.2) is 0 Å². The Morgan fingerprint density at radius 2 is 2.07 bits per heavy atom. The Balaban J connectivity index is 2.73. The summed E-state index contributed by atoms with van der Waals surface area (Å²) >= 11 is 1.84. The summed E-state index contributed by atoms with van der Waals surface area (Å²) in [5.41, 5.74) is 1.21. The average Bonchev–Trinajstić information content (AvgIpc) is 2.52. The summed E-state index contributed by atoms with van der Waals surface area (Å²) in [5, 5.41) is 4.74. The second-order valence-electron chi connectivity index (χ2n) is 3.94. The molecule has 2 nitrogen and oxygen atoms in total. The molecule has 0 saturated heterocycles. The van der Waals surface area contributed by atoms with Gasteiger partial charge in [-0.25, -0.2) is 4.98 Å². The van der Waals surface area contributed by atoms with Crippen LogP contribution in [0.3, 0.4) is 0 Å². The lowest BCUT2D eigenvalue weighted by Crippen LogP contribution is -2.20. The summed E-state index contributed by atoms with van der Waals surface area (Å²) in [7, 11) is 0. The molecular weight excluding hydrogens is 204 g/mol. The first-order chi connectivity index (χ1) is 7.19. The molecule has 1 N–H and O–H groups in total. The van der Waals surface area contributed by atoms with Gasteiger partial charge in [-0.2, -0.15) is 0 Å². The molecule has 1 aromatic rings. The minimum Gasteiger partial charge on any atom is -0.309 e. The summed E-state index contributed by atoms with van der Waals surface area (Å²) in [5.74, 6) is 0. The molecule has 0 spiro atoms. The Kier molecular flexibility index (Phi) is 5.26. The van der Waals surface area contributed by atoms with Crippen molar-refractivity contribution in [2.24, 2.45) is 0 Å². The highest BCUT2D eigenvalue weighted by atomic mass is 32.1. The molecule has 1 rings (SSSR count). The fourth-order valence-corrected chi connectivity index (χ4v) is 2.89. The second kappa shape index (κ2) is 6.23. The van der Waals surface area contributed by atoms with Crippen molar-refractivity contribution in [1.82, 2.24) is 10.3 Å². The van der Waals surface area contributed by atoms with E-state index >= 15 is 0 Å². The molecule has 1 unspecified atom stereocenters. The van der Waals surface area contributed by atoms with Crippen LogP contribution in [0.25, 0.3) is 0 Å². The largest absolute Gasteiger partial charge is 0.309 e. The van der Waals surface area contributed by atoms with Gasteiger partial charge in [0.05, 0.1) is 10.7 Å². The highest BCUT2D eigenvalue weighted by Gasteiger charge is 2.15. The zero-order valence-corrected chi connectivity index (χ0v) is 11.1. The molecule has 0 bridgehead atoms. The van der Waals surface area contributed by atoms with Crippen LogP contribution < -0.4 is 5.32 Å². The van der Waals surface area contributed by atoms with Crippen LogP contribution in [-0.2, 0) is 0 Å². The third-order valence-corrected chi connectivity index (χ3v) is 3.74. The summed E-state index contributed by atoms with van der Waals surface area (Å²) < 4.78 is 0. The van der Waals surface area contributed by atoms with Gasteiger partial charge in [0, 0.05) is 10.9 Å². The molecule has 15 heavy (non-hydrogen) atoms. The fourth-order valence-electron chi connectivity index (χ4n) is 1.85. The third kappa shape index (κ3) is 3.58. The monoisotopic (exact) mass is 226 g/mol. The Morgan fingerprint density at radius 3 is 2.53 bits per heavy atom. The number of nitrogens with one attached hydrogen (secondary N) is 1. The summed E-state index contributed by atoms with van der Waals surface area (Å²) in [6.45, 7) is 9.65. The molecular formula is C12H22N2S. The van der Waals surface area contributed by atoms with Gasteiger partial charge in [0.2, 0.25) is 0 Å². The van der Waals surface area contributed by atoms with Gasteiger partial charge >= 0.3 is 0 Å². The Morgan fingerprint density at radius 1 is 1.33 bits per heavy atom. The van der Waals surface area contributed by atoms with E-state index in [0.29, 0.717) is 6.04 Å². The van der Waals surface area contributed by atoms with Crippen LogP contribution in [0, 0.1) is 13.8 Å². The number of thiazole rings is 1. The average molecular weight is 226 g/mol. The predicted octanol–water partition coefficient (Wildman–Crippen LogP) is 3.60. The lowest BCUT2D eigenvalue weighted by atomic mass is 10.1. The van der Waals surface area contributed by atoms with Crippen LogP contribution in [-0.4, -0.2) is 11.5 Å². The molecule has 0 aliphatic heterocycles. The van der Waals surface area contributed by atoms with Crippen molar-refractivity contribution >= 4 is 11.3 Å². The van der Waals surface area contributed by atoms with Crippen molar-refractivity contribution in [1.29, 1.82) is 0 Å². The summed E-state index contributed by atoms with van der Waals surface area (Å²) in [6, 6.07) is 0.515. The topological polar surface area (TPSA) is 24.9 Å². The lowest BCUT2D eigenvalue weighted by molar-refractivity contribution is 0.499. The maximum Gasteiger partial charge on any atom is 0.0900 e. The van der Waals surface area contributed by atoms with Crippen molar-refractivity contribution in [3.63, 3.8) is 0 Å². The van der Waals surface area contributed by atoms with Crippen LogP contribution in [0.15, 0.2) is 0 Å². The summed E-state index contributed by atoms with van der Waals surface area (Å²) in [4.78, 5) is 5.93. The van der Waals surface area contributed by atoms with Gasteiger partial charge in [-0.05, 0) is 26.8 Å². The lowest BCUT2D eigenvalue weighted by Gasteiger charge is -2.16. The van der Waals surface area contributed by atoms with Gasteiger partial charge in [0.25, 0.3) is 0 Å². The van der Waals surface area contributed by atoms with Crippen LogP contribution in [0.2, 0.25) is 0 Å². The van der Waals surface area contributed by atoms with Crippen molar-refractivity contribution in [2.75, 3.05) is 6.54 Å². The van der Waals surface area contributed by atoms with Crippen molar-refractivity contribution in [3.05, 3.63) is 15.6 Å². The highest BCUT2D eigenvalue weighted by Crippen LogP contribution is 2.28. The third-order valence-electron chi connectivity index (χ3n) is 2.55. The number of aryl methyl sites for hydroxylation is 2. The van der Waals surface area contributed by atoms with Crippen LogP contribution in [0.1, 0.15) is 54.7 Å². The minimum absolute atomic E-state index is 0.515. The molecule has 0 saturated carbocycles. The molecule has 0 amide bonds. The summed E-state index contributed by atoms with van der Waals surface area (Å²) in [6.07, 6.45) is 3.78. The first-order valence-corrected chi connectivity index (χ1v) is 6.68. The van der Waals surface area contributed by atoms with Crippen LogP contribution in [0.4, 0.5) is 0 Å². The number of nitrogens with zero attached hydrogens (tertiary/aromatic N) is 1. The van der Waals surface area contributed by atoms with Crippen molar-refractivity contribution in [2.45, 2.75) is 53.0 Å². The Bertz CT molecular complexity index is 294. The zero-order valence-electron chi connectivity index (χ0n) is 10.3. The van der Waals surface area contributed by atoms with E-state index in [2.05, 4.69) is 38.0 Å². The van der Waals surface area contributed by atoms with E-state index in [1.54, 1.807) is 0 Å². The van der Waals surface area contributed by atoms with Gasteiger partial charge in [-0.1, -0.05) is 26.7 Å². The number of hydrogen-bond acceptors (Lipinski definition) is 3. The molecule has 1 heterocycles. The Hall–Kier alpha value is -0.410. The van der Waals surface area contributed by atoms with E-state index < -0.39 is 0 Å². The molecule has 0 aliphatic carbocycles. The van der Waals surface area contributed by atoms with E-state index in [1.807, 2.05) is 11.3 Å². The number of aromatic nitrogens is 1. The van der Waals surface area contributed by atoms with E-state index in [-0.39, 0.29) is 0 Å². The first-order valence-electron chi connectivity index (χ1n) is 5.86. The maximum atomic E-state index is 4.50. The Labute approximate surface area is 97.1 Å². The van der Waals surface area contributed by atoms with Gasteiger partial charge in [0.1, 0.15) is 0 Å². The standard InChI is InChI=1S/C12H22N2S/c1-5-7-8-11(13-6-2)12-9(3)14-10(4)15-12/h11,13H,5-8H2,1-4H3. The quantitative estimate of drug-likeness (QED) is 0.801. The van der Waals surface area contributed by atoms with Gasteiger partial charge in [-0.3, -0.25) is 0 Å². The SMILES string of the molecule is CCCCC(NCC)c1sc(C)nc1C. The molecule has 0 fully saturated rings. The van der Waals surface area contributed by atoms with E-state index in [4.69, 9.17) is 0 Å². The maximum absolute atomic E-state index is 4.50. The predicted molar refractivity (Wildman–Crippen MR) is 67.5 cm³/mol. The van der Waals surface area contributed by atoms with Crippen LogP contribution >= 0.6 is 11.3 Å². The van der Waals surface area contributed by atoms with E-state index in [1.165, 1.54) is 34.8 Å². The number of hydrogen-bond donors (Lipinski definition) is 1. The normalized spacial score (nSPS) is 13.1. The first kappa shape index (κ1) is 12.7. The van der Waals surface area contributed by atoms with Gasteiger partial charge in [-0.15, -0.1) is 11.3 Å². The molecule has 1 aromatic heterocycles. The second-order valence-corrected chi connectivity index (χ2v) is 5.17. The molecule has 0 radical (unpaired) electrons. The molecule has 1 atom stereocenters. The van der Waals surface area contributed by atoms with Gasteiger partial charge < -0.3 is 5.32 Å². The zero-order chi connectivity index (χ0) is 11.3. The van der Waals surface area contributed by atoms with E-state index in [0.717, 1.165) is 6.54 Å². The van der Waals surface area contributed by atoms with E-state index in [9.17, 15) is 0 Å². The molecule has 0 aliphatic rings. The highest BCUT2D eigenvalue weighted by molar-refractivity contribution is 7.11.